The normalized spacial score (nSPS) is 26.0. The third kappa shape index (κ3) is 2.04. The first kappa shape index (κ1) is 9.04. The van der Waals surface area contributed by atoms with E-state index in [0.717, 1.165) is 29.8 Å². The third-order valence-electron chi connectivity index (χ3n) is 2.81. The molecular formula is C11H14ClN. The van der Waals surface area contributed by atoms with Gasteiger partial charge in [-0.25, -0.2) is 0 Å². The molecule has 1 aliphatic rings. The Bertz CT molecular complexity index is 298. The van der Waals surface area contributed by atoms with E-state index in [4.69, 9.17) is 17.3 Å². The molecule has 0 amide bonds. The molecule has 2 rings (SSSR count). The smallest absolute Gasteiger partial charge is 0.0438 e. The number of hydrogen-bond acceptors (Lipinski definition) is 1. The summed E-state index contributed by atoms with van der Waals surface area (Å²) in [7, 11) is 0. The van der Waals surface area contributed by atoms with E-state index >= 15 is 0 Å². The fourth-order valence-electron chi connectivity index (χ4n) is 1.80. The maximum Gasteiger partial charge on any atom is 0.0438 e. The molecule has 2 heteroatoms. The Morgan fingerprint density at radius 3 is 2.69 bits per heavy atom. The fraction of sp³-hybridized carbons (Fsp3) is 0.455. The van der Waals surface area contributed by atoms with Crippen LogP contribution in [0.15, 0.2) is 24.3 Å². The van der Waals surface area contributed by atoms with Gasteiger partial charge in [0, 0.05) is 5.02 Å². The number of halogens is 1. The average Bonchev–Trinajstić information content (AvgIpc) is 2.88. The summed E-state index contributed by atoms with van der Waals surface area (Å²) in [5, 5.41) is 0.894. The highest BCUT2D eigenvalue weighted by Crippen LogP contribution is 2.40. The van der Waals surface area contributed by atoms with Gasteiger partial charge in [0.15, 0.2) is 0 Å². The van der Waals surface area contributed by atoms with E-state index in [1.165, 1.54) is 12.0 Å². The summed E-state index contributed by atoms with van der Waals surface area (Å²) in [6.45, 7) is 0.828. The van der Waals surface area contributed by atoms with Gasteiger partial charge in [-0.1, -0.05) is 29.8 Å². The summed E-state index contributed by atoms with van der Waals surface area (Å²) < 4.78 is 0. The quantitative estimate of drug-likeness (QED) is 0.788. The molecule has 2 atom stereocenters. The van der Waals surface area contributed by atoms with E-state index in [1.807, 2.05) is 18.2 Å². The molecule has 0 radical (unpaired) electrons. The van der Waals surface area contributed by atoms with Crippen molar-refractivity contribution < 1.29 is 0 Å². The molecule has 1 fully saturated rings. The van der Waals surface area contributed by atoms with Crippen LogP contribution in [0.5, 0.6) is 0 Å². The van der Waals surface area contributed by atoms with Gasteiger partial charge in [-0.2, -0.15) is 0 Å². The van der Waals surface area contributed by atoms with Crippen molar-refractivity contribution >= 4 is 11.6 Å². The van der Waals surface area contributed by atoms with Crippen molar-refractivity contribution in [3.63, 3.8) is 0 Å². The van der Waals surface area contributed by atoms with Gasteiger partial charge in [-0.3, -0.25) is 0 Å². The van der Waals surface area contributed by atoms with E-state index in [1.54, 1.807) is 0 Å². The molecule has 2 N–H and O–H groups in total. The predicted octanol–water partition coefficient (Wildman–Crippen LogP) is 2.48. The van der Waals surface area contributed by atoms with Crippen LogP contribution >= 0.6 is 11.6 Å². The SMILES string of the molecule is NCC1CC1Cc1ccccc1Cl. The van der Waals surface area contributed by atoms with E-state index in [0.29, 0.717) is 0 Å². The highest BCUT2D eigenvalue weighted by Gasteiger charge is 2.35. The zero-order chi connectivity index (χ0) is 9.26. The Kier molecular flexibility index (Phi) is 2.56. The molecule has 1 aromatic carbocycles. The van der Waals surface area contributed by atoms with E-state index in [-0.39, 0.29) is 0 Å². The molecule has 1 aromatic rings. The maximum absolute atomic E-state index is 6.06. The van der Waals surface area contributed by atoms with Crippen molar-refractivity contribution in [2.45, 2.75) is 12.8 Å². The molecule has 0 spiro atoms. The number of nitrogens with two attached hydrogens (primary N) is 1. The Morgan fingerprint density at radius 1 is 1.31 bits per heavy atom. The second-order valence-electron chi connectivity index (χ2n) is 3.79. The summed E-state index contributed by atoms with van der Waals surface area (Å²) in [6.07, 6.45) is 2.38. The second kappa shape index (κ2) is 3.69. The average molecular weight is 196 g/mol. The van der Waals surface area contributed by atoms with Gasteiger partial charge in [0.1, 0.15) is 0 Å². The van der Waals surface area contributed by atoms with Crippen LogP contribution in [0.4, 0.5) is 0 Å². The van der Waals surface area contributed by atoms with Gasteiger partial charge in [-0.05, 0) is 42.9 Å². The molecule has 1 nitrogen and oxygen atoms in total. The molecule has 0 aliphatic heterocycles. The molecule has 1 saturated carbocycles. The van der Waals surface area contributed by atoms with Crippen LogP contribution in [-0.4, -0.2) is 6.54 Å². The lowest BCUT2D eigenvalue weighted by Crippen LogP contribution is -2.03. The van der Waals surface area contributed by atoms with Crippen molar-refractivity contribution in [3.8, 4) is 0 Å². The highest BCUT2D eigenvalue weighted by atomic mass is 35.5. The zero-order valence-electron chi connectivity index (χ0n) is 7.54. The predicted molar refractivity (Wildman–Crippen MR) is 55.8 cm³/mol. The summed E-state index contributed by atoms with van der Waals surface area (Å²) in [5.74, 6) is 1.53. The molecule has 1 aliphatic carbocycles. The van der Waals surface area contributed by atoms with Crippen molar-refractivity contribution in [2.24, 2.45) is 17.6 Å². The van der Waals surface area contributed by atoms with Gasteiger partial charge in [0.05, 0.1) is 0 Å². The molecule has 0 heterocycles. The molecule has 2 unspecified atom stereocenters. The second-order valence-corrected chi connectivity index (χ2v) is 4.19. The molecule has 0 bridgehead atoms. The first-order valence-corrected chi connectivity index (χ1v) is 5.12. The van der Waals surface area contributed by atoms with Crippen LogP contribution in [0.25, 0.3) is 0 Å². The monoisotopic (exact) mass is 195 g/mol. The van der Waals surface area contributed by atoms with E-state index < -0.39 is 0 Å². The molecule has 13 heavy (non-hydrogen) atoms. The lowest BCUT2D eigenvalue weighted by atomic mass is 10.1. The van der Waals surface area contributed by atoms with Crippen molar-refractivity contribution in [2.75, 3.05) is 6.54 Å². The number of benzene rings is 1. The van der Waals surface area contributed by atoms with Crippen molar-refractivity contribution in [1.82, 2.24) is 0 Å². The first-order chi connectivity index (χ1) is 6.31. The Morgan fingerprint density at radius 2 is 2.08 bits per heavy atom. The molecule has 70 valence electrons. The van der Waals surface area contributed by atoms with E-state index in [9.17, 15) is 0 Å². The summed E-state index contributed by atoms with van der Waals surface area (Å²) in [6, 6.07) is 8.07. The molecule has 0 aromatic heterocycles. The minimum Gasteiger partial charge on any atom is -0.330 e. The maximum atomic E-state index is 6.06. The van der Waals surface area contributed by atoms with Gasteiger partial charge in [-0.15, -0.1) is 0 Å². The fourth-order valence-corrected chi connectivity index (χ4v) is 2.01. The minimum absolute atomic E-state index is 0.747. The van der Waals surface area contributed by atoms with Crippen LogP contribution in [0.2, 0.25) is 5.02 Å². The largest absolute Gasteiger partial charge is 0.330 e. The number of rotatable bonds is 3. The highest BCUT2D eigenvalue weighted by molar-refractivity contribution is 6.31. The van der Waals surface area contributed by atoms with Gasteiger partial charge >= 0.3 is 0 Å². The lowest BCUT2D eigenvalue weighted by molar-refractivity contribution is 0.704. The van der Waals surface area contributed by atoms with Crippen LogP contribution in [0, 0.1) is 11.8 Å². The van der Waals surface area contributed by atoms with Gasteiger partial charge < -0.3 is 5.73 Å². The standard InChI is InChI=1S/C11H14ClN/c12-11-4-2-1-3-8(11)5-9-6-10(9)7-13/h1-4,9-10H,5-7,13H2. The Labute approximate surface area is 83.9 Å². The first-order valence-electron chi connectivity index (χ1n) is 4.74. The van der Waals surface area contributed by atoms with Crippen molar-refractivity contribution in [3.05, 3.63) is 34.9 Å². The van der Waals surface area contributed by atoms with Gasteiger partial charge in [0.25, 0.3) is 0 Å². The lowest BCUT2D eigenvalue weighted by Gasteiger charge is -2.02. The topological polar surface area (TPSA) is 26.0 Å². The summed E-state index contributed by atoms with van der Waals surface area (Å²) >= 11 is 6.06. The summed E-state index contributed by atoms with van der Waals surface area (Å²) in [4.78, 5) is 0. The summed E-state index contributed by atoms with van der Waals surface area (Å²) in [5.41, 5.74) is 6.85. The Balaban J connectivity index is 1.99. The molecule has 0 saturated heterocycles. The Hall–Kier alpha value is -0.530. The third-order valence-corrected chi connectivity index (χ3v) is 3.18. The van der Waals surface area contributed by atoms with Crippen LogP contribution < -0.4 is 5.73 Å². The molecular weight excluding hydrogens is 182 g/mol. The van der Waals surface area contributed by atoms with Crippen LogP contribution in [-0.2, 0) is 6.42 Å². The zero-order valence-corrected chi connectivity index (χ0v) is 8.30. The van der Waals surface area contributed by atoms with Crippen molar-refractivity contribution in [1.29, 1.82) is 0 Å². The van der Waals surface area contributed by atoms with Gasteiger partial charge in [0.2, 0.25) is 0 Å². The van der Waals surface area contributed by atoms with Crippen LogP contribution in [0.1, 0.15) is 12.0 Å². The minimum atomic E-state index is 0.747. The van der Waals surface area contributed by atoms with Crippen LogP contribution in [0.3, 0.4) is 0 Å². The van der Waals surface area contributed by atoms with E-state index in [2.05, 4.69) is 6.07 Å². The number of hydrogen-bond donors (Lipinski definition) is 1.